The fourth-order valence-corrected chi connectivity index (χ4v) is 1.89. The Morgan fingerprint density at radius 1 is 1.29 bits per heavy atom. The number of rotatable bonds is 3. The Hall–Kier alpha value is -0.860. The molecule has 2 rings (SSSR count). The Morgan fingerprint density at radius 3 is 2.50 bits per heavy atom. The van der Waals surface area contributed by atoms with Crippen LogP contribution in [0.4, 0.5) is 0 Å². The molecule has 2 nitrogen and oxygen atoms in total. The van der Waals surface area contributed by atoms with Gasteiger partial charge in [0.1, 0.15) is 0 Å². The van der Waals surface area contributed by atoms with Crippen molar-refractivity contribution in [3.63, 3.8) is 0 Å². The lowest BCUT2D eigenvalue weighted by atomic mass is 9.98. The topological polar surface area (TPSA) is 38.0 Å². The lowest BCUT2D eigenvalue weighted by molar-refractivity contribution is 0.496. The highest BCUT2D eigenvalue weighted by Crippen LogP contribution is 2.40. The van der Waals surface area contributed by atoms with Crippen molar-refractivity contribution in [2.45, 2.75) is 32.7 Å². The minimum absolute atomic E-state index is 0.356. The first-order valence-electron chi connectivity index (χ1n) is 5.25. The normalized spacial score (nSPS) is 18.2. The van der Waals surface area contributed by atoms with Crippen molar-refractivity contribution >= 4 is 0 Å². The maximum Gasteiger partial charge on any atom is 0.0488 e. The van der Waals surface area contributed by atoms with Crippen molar-refractivity contribution in [3.8, 4) is 0 Å². The number of aryl methyl sites for hydroxylation is 2. The number of hydrazine groups is 1. The van der Waals surface area contributed by atoms with Gasteiger partial charge in [0.2, 0.25) is 0 Å². The third kappa shape index (κ3) is 1.81. The molecule has 0 amide bonds. The summed E-state index contributed by atoms with van der Waals surface area (Å²) < 4.78 is 0. The Morgan fingerprint density at radius 2 is 2.00 bits per heavy atom. The van der Waals surface area contributed by atoms with Gasteiger partial charge in [-0.25, -0.2) is 0 Å². The number of hydrogen-bond donors (Lipinski definition) is 2. The van der Waals surface area contributed by atoms with Crippen LogP contribution in [0.3, 0.4) is 0 Å². The number of benzene rings is 1. The van der Waals surface area contributed by atoms with E-state index in [2.05, 4.69) is 37.5 Å². The van der Waals surface area contributed by atoms with Gasteiger partial charge in [0, 0.05) is 6.04 Å². The Balaban J connectivity index is 2.25. The van der Waals surface area contributed by atoms with Crippen LogP contribution in [-0.4, -0.2) is 0 Å². The SMILES string of the molecule is Cc1ccc(C(NN)C2CC2)cc1C. The summed E-state index contributed by atoms with van der Waals surface area (Å²) >= 11 is 0. The summed E-state index contributed by atoms with van der Waals surface area (Å²) in [5.74, 6) is 6.34. The first kappa shape index (κ1) is 9.69. The van der Waals surface area contributed by atoms with Crippen LogP contribution in [0.15, 0.2) is 18.2 Å². The Labute approximate surface area is 85.5 Å². The molecule has 0 bridgehead atoms. The van der Waals surface area contributed by atoms with Crippen molar-refractivity contribution in [2.24, 2.45) is 11.8 Å². The first-order valence-corrected chi connectivity index (χ1v) is 5.25. The number of nitrogens with two attached hydrogens (primary N) is 1. The van der Waals surface area contributed by atoms with Crippen molar-refractivity contribution in [3.05, 3.63) is 34.9 Å². The number of nitrogens with one attached hydrogen (secondary N) is 1. The van der Waals surface area contributed by atoms with Gasteiger partial charge in [-0.3, -0.25) is 11.3 Å². The van der Waals surface area contributed by atoms with Gasteiger partial charge in [-0.2, -0.15) is 0 Å². The smallest absolute Gasteiger partial charge is 0.0488 e. The van der Waals surface area contributed by atoms with Crippen molar-refractivity contribution in [1.82, 2.24) is 5.43 Å². The van der Waals surface area contributed by atoms with Crippen molar-refractivity contribution in [1.29, 1.82) is 0 Å². The van der Waals surface area contributed by atoms with Gasteiger partial charge >= 0.3 is 0 Å². The largest absolute Gasteiger partial charge is 0.271 e. The molecule has 0 spiro atoms. The molecule has 1 aromatic carbocycles. The second kappa shape index (κ2) is 3.71. The summed E-state index contributed by atoms with van der Waals surface area (Å²) in [4.78, 5) is 0. The predicted octanol–water partition coefficient (Wildman–Crippen LogP) is 2.22. The van der Waals surface area contributed by atoms with Gasteiger partial charge in [0.25, 0.3) is 0 Å². The fraction of sp³-hybridized carbons (Fsp3) is 0.500. The zero-order valence-corrected chi connectivity index (χ0v) is 8.88. The van der Waals surface area contributed by atoms with E-state index in [0.717, 1.165) is 5.92 Å². The van der Waals surface area contributed by atoms with E-state index in [-0.39, 0.29) is 0 Å². The maximum absolute atomic E-state index is 5.58. The molecule has 1 aliphatic rings. The third-order valence-electron chi connectivity index (χ3n) is 3.16. The van der Waals surface area contributed by atoms with Crippen LogP contribution in [0.2, 0.25) is 0 Å². The quantitative estimate of drug-likeness (QED) is 0.566. The van der Waals surface area contributed by atoms with Crippen LogP contribution in [0.25, 0.3) is 0 Å². The molecule has 3 N–H and O–H groups in total. The van der Waals surface area contributed by atoms with Crippen LogP contribution in [-0.2, 0) is 0 Å². The molecule has 76 valence electrons. The zero-order valence-electron chi connectivity index (χ0n) is 8.88. The molecular weight excluding hydrogens is 172 g/mol. The van der Waals surface area contributed by atoms with E-state index in [4.69, 9.17) is 5.84 Å². The molecule has 0 aliphatic heterocycles. The van der Waals surface area contributed by atoms with Gasteiger partial charge in [-0.1, -0.05) is 18.2 Å². The summed E-state index contributed by atoms with van der Waals surface area (Å²) in [6.45, 7) is 4.29. The van der Waals surface area contributed by atoms with Gasteiger partial charge in [0.15, 0.2) is 0 Å². The van der Waals surface area contributed by atoms with Gasteiger partial charge in [-0.05, 0) is 49.3 Å². The monoisotopic (exact) mass is 190 g/mol. The van der Waals surface area contributed by atoms with E-state index in [0.29, 0.717) is 6.04 Å². The van der Waals surface area contributed by atoms with E-state index < -0.39 is 0 Å². The molecule has 14 heavy (non-hydrogen) atoms. The van der Waals surface area contributed by atoms with Crippen molar-refractivity contribution in [2.75, 3.05) is 0 Å². The molecular formula is C12H18N2. The van der Waals surface area contributed by atoms with Gasteiger partial charge < -0.3 is 0 Å². The highest BCUT2D eigenvalue weighted by atomic mass is 15.2. The summed E-state index contributed by atoms with van der Waals surface area (Å²) in [5, 5.41) is 0. The van der Waals surface area contributed by atoms with E-state index in [9.17, 15) is 0 Å². The zero-order chi connectivity index (χ0) is 10.1. The molecule has 0 heterocycles. The Kier molecular flexibility index (Phi) is 2.57. The number of hydrogen-bond acceptors (Lipinski definition) is 2. The molecule has 0 saturated heterocycles. The lowest BCUT2D eigenvalue weighted by Crippen LogP contribution is -2.29. The van der Waals surface area contributed by atoms with Crippen LogP contribution in [0.1, 0.15) is 35.6 Å². The second-order valence-electron chi connectivity index (χ2n) is 4.33. The molecule has 1 unspecified atom stereocenters. The molecule has 1 atom stereocenters. The van der Waals surface area contributed by atoms with Crippen LogP contribution in [0, 0.1) is 19.8 Å². The van der Waals surface area contributed by atoms with Crippen molar-refractivity contribution < 1.29 is 0 Å². The Bertz CT molecular complexity index is 329. The predicted molar refractivity (Wildman–Crippen MR) is 58.7 cm³/mol. The summed E-state index contributed by atoms with van der Waals surface area (Å²) in [5.41, 5.74) is 6.96. The third-order valence-corrected chi connectivity index (χ3v) is 3.16. The standard InChI is InChI=1S/C12H18N2/c1-8-3-4-11(7-9(8)2)12(14-13)10-5-6-10/h3-4,7,10,12,14H,5-6,13H2,1-2H3. The molecule has 1 aliphatic carbocycles. The molecule has 1 aromatic rings. The molecule has 1 saturated carbocycles. The van der Waals surface area contributed by atoms with Crippen LogP contribution < -0.4 is 11.3 Å². The molecule has 0 aromatic heterocycles. The highest BCUT2D eigenvalue weighted by Gasteiger charge is 2.31. The maximum atomic E-state index is 5.58. The van der Waals surface area contributed by atoms with Gasteiger partial charge in [-0.15, -0.1) is 0 Å². The van der Waals surface area contributed by atoms with E-state index in [1.165, 1.54) is 29.5 Å². The minimum atomic E-state index is 0.356. The van der Waals surface area contributed by atoms with E-state index in [1.807, 2.05) is 0 Å². The van der Waals surface area contributed by atoms with E-state index in [1.54, 1.807) is 0 Å². The summed E-state index contributed by atoms with van der Waals surface area (Å²) in [7, 11) is 0. The van der Waals surface area contributed by atoms with Gasteiger partial charge in [0.05, 0.1) is 0 Å². The fourth-order valence-electron chi connectivity index (χ4n) is 1.89. The first-order chi connectivity index (χ1) is 6.72. The second-order valence-corrected chi connectivity index (χ2v) is 4.33. The average molecular weight is 190 g/mol. The van der Waals surface area contributed by atoms with Crippen LogP contribution in [0.5, 0.6) is 0 Å². The molecule has 1 fully saturated rings. The van der Waals surface area contributed by atoms with Crippen LogP contribution >= 0.6 is 0 Å². The summed E-state index contributed by atoms with van der Waals surface area (Å²) in [6.07, 6.45) is 2.61. The molecule has 2 heteroatoms. The molecule has 0 radical (unpaired) electrons. The average Bonchev–Trinajstić information content (AvgIpc) is 2.96. The minimum Gasteiger partial charge on any atom is -0.271 e. The lowest BCUT2D eigenvalue weighted by Gasteiger charge is -2.16. The van der Waals surface area contributed by atoms with E-state index >= 15 is 0 Å². The summed E-state index contributed by atoms with van der Waals surface area (Å²) in [6, 6.07) is 6.97. The highest BCUT2D eigenvalue weighted by molar-refractivity contribution is 5.32.